The highest BCUT2D eigenvalue weighted by molar-refractivity contribution is 6.42. The van der Waals surface area contributed by atoms with E-state index in [1.807, 2.05) is 60.7 Å². The van der Waals surface area contributed by atoms with E-state index in [0.717, 1.165) is 50.3 Å². The van der Waals surface area contributed by atoms with Crippen molar-refractivity contribution in [3.63, 3.8) is 0 Å². The molecule has 2 fully saturated rings. The molecule has 6 nitrogen and oxygen atoms in total. The van der Waals surface area contributed by atoms with Crippen molar-refractivity contribution >= 4 is 35.0 Å². The van der Waals surface area contributed by atoms with E-state index in [0.29, 0.717) is 53.5 Å². The molecule has 0 radical (unpaired) electrons. The van der Waals surface area contributed by atoms with Crippen LogP contribution >= 0.6 is 23.2 Å². The Balaban J connectivity index is 1.12. The first-order chi connectivity index (χ1) is 27.1. The topological polar surface area (TPSA) is 47.1 Å². The van der Waals surface area contributed by atoms with Crippen LogP contribution in [0, 0.1) is 0 Å². The van der Waals surface area contributed by atoms with Crippen molar-refractivity contribution in [2.75, 3.05) is 52.9 Å². The Morgan fingerprint density at radius 1 is 0.754 bits per heavy atom. The number of rotatable bonds is 11. The molecule has 2 saturated heterocycles. The van der Waals surface area contributed by atoms with E-state index in [9.17, 15) is 35.9 Å². The average molecular weight is 834 g/mol. The molecule has 2 aliphatic heterocycles. The number of hydrogen-bond acceptors (Lipinski definition) is 4. The Hall–Kier alpha value is -4.10. The lowest BCUT2D eigenvalue weighted by Crippen LogP contribution is -2.56. The SMILES string of the molecule is CN(CC(CCN1CCN([C@H]2CCN(C(=O)c3cc(C(F)(F)F)cc(C(F)(F)F)c3)[C@@H](Cc3ccccc3)C2)CC1)c1ccc(Cl)c(Cl)c1)C(=O)c1ccccc1. The molecule has 0 spiro atoms. The maximum absolute atomic E-state index is 13.9. The molecule has 2 aliphatic rings. The van der Waals surface area contributed by atoms with E-state index in [2.05, 4.69) is 9.80 Å². The number of likely N-dealkylation sites (tertiary alicyclic amines) is 1. The van der Waals surface area contributed by atoms with Crippen LogP contribution in [0.1, 0.15) is 68.2 Å². The first kappa shape index (κ1) is 42.5. The molecular weight excluding hydrogens is 789 g/mol. The van der Waals surface area contributed by atoms with Gasteiger partial charge in [-0.3, -0.25) is 14.5 Å². The lowest BCUT2D eigenvalue weighted by molar-refractivity contribution is -0.143. The van der Waals surface area contributed by atoms with Gasteiger partial charge in [-0.1, -0.05) is 77.8 Å². The quantitative estimate of drug-likeness (QED) is 0.141. The third-order valence-electron chi connectivity index (χ3n) is 11.1. The number of hydrogen-bond donors (Lipinski definition) is 0. The van der Waals surface area contributed by atoms with Crippen LogP contribution in [0.15, 0.2) is 97.1 Å². The van der Waals surface area contributed by atoms with Gasteiger partial charge in [0.25, 0.3) is 11.8 Å². The van der Waals surface area contributed by atoms with Crippen molar-refractivity contribution in [3.05, 3.63) is 140 Å². The predicted molar refractivity (Wildman–Crippen MR) is 210 cm³/mol. The second-order valence-electron chi connectivity index (χ2n) is 14.9. The molecule has 304 valence electrons. The molecule has 4 aromatic rings. The van der Waals surface area contributed by atoms with Crippen molar-refractivity contribution in [3.8, 4) is 0 Å². The third kappa shape index (κ3) is 10.9. The zero-order valence-corrected chi connectivity index (χ0v) is 32.9. The summed E-state index contributed by atoms with van der Waals surface area (Å²) in [5.74, 6) is -0.933. The van der Waals surface area contributed by atoms with Crippen molar-refractivity contribution in [1.29, 1.82) is 0 Å². The van der Waals surface area contributed by atoms with Gasteiger partial charge in [0, 0.05) is 75.4 Å². The van der Waals surface area contributed by atoms with Crippen molar-refractivity contribution in [2.45, 2.75) is 56.0 Å². The minimum Gasteiger partial charge on any atom is -0.341 e. The summed E-state index contributed by atoms with van der Waals surface area (Å²) in [6, 6.07) is 24.8. The number of nitrogens with zero attached hydrogens (tertiary/aromatic N) is 4. The number of carbonyl (C=O) groups is 2. The number of benzene rings is 4. The molecule has 0 aliphatic carbocycles. The first-order valence-corrected chi connectivity index (χ1v) is 19.7. The van der Waals surface area contributed by atoms with Crippen LogP contribution in [0.4, 0.5) is 26.3 Å². The average Bonchev–Trinajstić information content (AvgIpc) is 3.20. The summed E-state index contributed by atoms with van der Waals surface area (Å²) in [6.07, 6.45) is -7.90. The van der Waals surface area contributed by atoms with Gasteiger partial charge >= 0.3 is 12.4 Å². The van der Waals surface area contributed by atoms with E-state index < -0.39 is 41.0 Å². The zero-order valence-electron chi connectivity index (χ0n) is 31.4. The number of amides is 2. The van der Waals surface area contributed by atoms with Crippen molar-refractivity contribution < 1.29 is 35.9 Å². The van der Waals surface area contributed by atoms with Crippen LogP contribution < -0.4 is 0 Å². The highest BCUT2D eigenvalue weighted by Crippen LogP contribution is 2.38. The summed E-state index contributed by atoms with van der Waals surface area (Å²) in [4.78, 5) is 35.0. The van der Waals surface area contributed by atoms with Gasteiger partial charge in [-0.2, -0.15) is 26.3 Å². The molecule has 0 aromatic heterocycles. The number of likely N-dealkylation sites (N-methyl/N-ethyl adjacent to an activating group) is 1. The minimum absolute atomic E-state index is 0.0138. The highest BCUT2D eigenvalue weighted by atomic mass is 35.5. The molecule has 1 unspecified atom stereocenters. The molecule has 2 amide bonds. The van der Waals surface area contributed by atoms with Gasteiger partial charge in [-0.05, 0) is 85.8 Å². The molecule has 0 N–H and O–H groups in total. The van der Waals surface area contributed by atoms with E-state index in [4.69, 9.17) is 23.2 Å². The summed E-state index contributed by atoms with van der Waals surface area (Å²) >= 11 is 12.7. The number of piperidine rings is 1. The minimum atomic E-state index is -5.06. The Morgan fingerprint density at radius 2 is 1.37 bits per heavy atom. The van der Waals surface area contributed by atoms with Gasteiger partial charge in [0.05, 0.1) is 21.2 Å². The fraction of sp³-hybridized carbons (Fsp3) is 0.395. The summed E-state index contributed by atoms with van der Waals surface area (Å²) in [5.41, 5.74) is -1.14. The molecule has 14 heteroatoms. The summed E-state index contributed by atoms with van der Waals surface area (Å²) in [7, 11) is 1.79. The Morgan fingerprint density at radius 3 is 1.96 bits per heavy atom. The maximum Gasteiger partial charge on any atom is 0.416 e. The van der Waals surface area contributed by atoms with Crippen LogP contribution in [0.5, 0.6) is 0 Å². The summed E-state index contributed by atoms with van der Waals surface area (Å²) in [5, 5.41) is 0.903. The summed E-state index contributed by atoms with van der Waals surface area (Å²) in [6.45, 7) is 4.50. The fourth-order valence-electron chi connectivity index (χ4n) is 7.99. The van der Waals surface area contributed by atoms with E-state index in [1.165, 1.54) is 4.90 Å². The molecule has 4 aromatic carbocycles. The second kappa shape index (κ2) is 18.2. The molecule has 6 rings (SSSR count). The van der Waals surface area contributed by atoms with Crippen molar-refractivity contribution in [2.24, 2.45) is 0 Å². The lowest BCUT2D eigenvalue weighted by Gasteiger charge is -2.46. The number of halogens is 8. The number of piperazine rings is 1. The smallest absolute Gasteiger partial charge is 0.341 e. The van der Waals surface area contributed by atoms with Crippen LogP contribution in [0.2, 0.25) is 10.0 Å². The molecule has 2 heterocycles. The molecule has 3 atom stereocenters. The number of carbonyl (C=O) groups excluding carboxylic acids is 2. The third-order valence-corrected chi connectivity index (χ3v) is 11.8. The lowest BCUT2D eigenvalue weighted by atomic mass is 9.90. The predicted octanol–water partition coefficient (Wildman–Crippen LogP) is 9.81. The van der Waals surface area contributed by atoms with E-state index >= 15 is 0 Å². The largest absolute Gasteiger partial charge is 0.416 e. The van der Waals surface area contributed by atoms with Gasteiger partial charge in [0.2, 0.25) is 0 Å². The number of alkyl halides is 6. The van der Waals surface area contributed by atoms with E-state index in [1.54, 1.807) is 30.1 Å². The van der Waals surface area contributed by atoms with Crippen LogP contribution in [-0.4, -0.2) is 96.4 Å². The van der Waals surface area contributed by atoms with Gasteiger partial charge in [-0.25, -0.2) is 0 Å². The molecule has 0 saturated carbocycles. The maximum atomic E-state index is 13.9. The van der Waals surface area contributed by atoms with E-state index in [-0.39, 0.29) is 30.5 Å². The Bertz CT molecular complexity index is 1960. The van der Waals surface area contributed by atoms with Gasteiger partial charge < -0.3 is 14.7 Å². The van der Waals surface area contributed by atoms with Crippen LogP contribution in [0.25, 0.3) is 0 Å². The Labute approximate surface area is 338 Å². The standard InChI is InChI=1S/C43H44Cl2F6N4O2/c1-52(40(56)30-10-6-3-7-11-30)28-32(31-12-13-38(44)39(45)25-31)14-16-53-18-20-54(21-19-53)36-15-17-55(37(27-36)22-29-8-4-2-5-9-29)41(57)33-23-34(42(46,47)48)26-35(24-33)43(49,50)51/h2-13,23-26,32,36-37H,14-22,27-28H2,1H3/t32?,36-,37-/m0/s1. The van der Waals surface area contributed by atoms with Crippen LogP contribution in [0.3, 0.4) is 0 Å². The summed E-state index contributed by atoms with van der Waals surface area (Å²) < 4.78 is 82.2. The van der Waals surface area contributed by atoms with Gasteiger partial charge in [0.15, 0.2) is 0 Å². The zero-order chi connectivity index (χ0) is 40.9. The normalized spacial score (nSPS) is 19.0. The monoisotopic (exact) mass is 832 g/mol. The molecular formula is C43H44Cl2F6N4O2. The van der Waals surface area contributed by atoms with Gasteiger partial charge in [-0.15, -0.1) is 0 Å². The van der Waals surface area contributed by atoms with Crippen LogP contribution in [-0.2, 0) is 18.8 Å². The first-order valence-electron chi connectivity index (χ1n) is 18.9. The highest BCUT2D eigenvalue weighted by Gasteiger charge is 2.40. The van der Waals surface area contributed by atoms with Crippen molar-refractivity contribution in [1.82, 2.24) is 19.6 Å². The molecule has 57 heavy (non-hydrogen) atoms. The molecule has 0 bridgehead atoms. The van der Waals surface area contributed by atoms with Gasteiger partial charge in [0.1, 0.15) is 0 Å². The second-order valence-corrected chi connectivity index (χ2v) is 15.7. The fourth-order valence-corrected chi connectivity index (χ4v) is 8.29. The Kier molecular flexibility index (Phi) is 13.6.